The lowest BCUT2D eigenvalue weighted by Gasteiger charge is -2.00. The number of thiophene rings is 2. The van der Waals surface area contributed by atoms with E-state index in [0.717, 1.165) is 0 Å². The van der Waals surface area contributed by atoms with Gasteiger partial charge >= 0.3 is 0 Å². The lowest BCUT2D eigenvalue weighted by Crippen LogP contribution is -1.74. The Kier molecular flexibility index (Phi) is 2.83. The molecule has 2 aromatic heterocycles. The number of hydrogen-bond acceptors (Lipinski definition) is 2. The molecule has 0 unspecified atom stereocenters. The summed E-state index contributed by atoms with van der Waals surface area (Å²) >= 11 is 8.58. The number of halogens is 2. The zero-order chi connectivity index (χ0) is 12.3. The van der Waals surface area contributed by atoms with Crippen LogP contribution in [0, 0.1) is 6.45 Å². The van der Waals surface area contributed by atoms with E-state index < -0.39 is 0 Å². The molecule has 0 spiro atoms. The SMILES string of the molecule is Ic1sc2cc3cc4sccc4cc3cc2c1I. The van der Waals surface area contributed by atoms with E-state index in [4.69, 9.17) is 0 Å². The van der Waals surface area contributed by atoms with E-state index >= 15 is 0 Å². The summed E-state index contributed by atoms with van der Waals surface area (Å²) < 4.78 is 5.55. The van der Waals surface area contributed by atoms with E-state index in [9.17, 15) is 0 Å². The van der Waals surface area contributed by atoms with Gasteiger partial charge in [-0.15, -0.1) is 22.7 Å². The second kappa shape index (κ2) is 4.29. The molecule has 0 aliphatic heterocycles. The Morgan fingerprint density at radius 1 is 0.833 bits per heavy atom. The van der Waals surface area contributed by atoms with Crippen LogP contribution >= 0.6 is 67.9 Å². The summed E-state index contributed by atoms with van der Waals surface area (Å²) in [5, 5.41) is 7.62. The van der Waals surface area contributed by atoms with Crippen LogP contribution in [0.1, 0.15) is 0 Å². The van der Waals surface area contributed by atoms with Crippen molar-refractivity contribution in [1.29, 1.82) is 0 Å². The summed E-state index contributed by atoms with van der Waals surface area (Å²) in [5.74, 6) is 0. The molecular formula is C14H6I2S2. The lowest BCUT2D eigenvalue weighted by atomic mass is 10.1. The first-order chi connectivity index (χ1) is 8.72. The molecular weight excluding hydrogens is 486 g/mol. The third-order valence-electron chi connectivity index (χ3n) is 3.12. The van der Waals surface area contributed by atoms with E-state index in [1.807, 2.05) is 22.7 Å². The molecule has 4 heteroatoms. The predicted octanol–water partition coefficient (Wildman–Crippen LogP) is 6.48. The molecule has 0 atom stereocenters. The third kappa shape index (κ3) is 1.72. The summed E-state index contributed by atoms with van der Waals surface area (Å²) in [6, 6.07) is 11.5. The van der Waals surface area contributed by atoms with Gasteiger partial charge in [0.15, 0.2) is 0 Å². The normalized spacial score (nSPS) is 11.9. The maximum atomic E-state index is 2.45. The third-order valence-corrected chi connectivity index (χ3v) is 8.66. The van der Waals surface area contributed by atoms with Gasteiger partial charge in [-0.3, -0.25) is 0 Å². The van der Waals surface area contributed by atoms with Crippen molar-refractivity contribution in [3.05, 3.63) is 42.2 Å². The minimum Gasteiger partial charge on any atom is -0.144 e. The van der Waals surface area contributed by atoms with Crippen LogP contribution in [-0.2, 0) is 0 Å². The quantitative estimate of drug-likeness (QED) is 0.247. The Bertz CT molecular complexity index is 902. The van der Waals surface area contributed by atoms with Gasteiger partial charge in [-0.1, -0.05) is 0 Å². The van der Waals surface area contributed by atoms with Crippen molar-refractivity contribution in [2.75, 3.05) is 0 Å². The van der Waals surface area contributed by atoms with Gasteiger partial charge in [0.1, 0.15) is 0 Å². The Morgan fingerprint density at radius 2 is 1.61 bits per heavy atom. The number of rotatable bonds is 0. The van der Waals surface area contributed by atoms with Crippen LogP contribution in [0.25, 0.3) is 30.9 Å². The minimum absolute atomic E-state index is 1.35. The van der Waals surface area contributed by atoms with Crippen LogP contribution in [0.2, 0.25) is 0 Å². The summed E-state index contributed by atoms with van der Waals surface area (Å²) in [7, 11) is 0. The van der Waals surface area contributed by atoms with Crippen molar-refractivity contribution in [3.63, 3.8) is 0 Å². The summed E-state index contributed by atoms with van der Waals surface area (Å²) in [6.45, 7) is 0. The molecule has 0 amide bonds. The van der Waals surface area contributed by atoms with Crippen molar-refractivity contribution in [1.82, 2.24) is 0 Å². The van der Waals surface area contributed by atoms with Crippen LogP contribution in [0.4, 0.5) is 0 Å². The molecule has 4 rings (SSSR count). The Hall–Kier alpha value is 0.0800. The molecule has 0 radical (unpaired) electrons. The Balaban J connectivity index is 2.22. The molecule has 0 aliphatic rings. The zero-order valence-electron chi connectivity index (χ0n) is 9.04. The number of hydrogen-bond donors (Lipinski definition) is 0. The second-order valence-corrected chi connectivity index (χ2v) is 9.09. The molecule has 0 saturated heterocycles. The average Bonchev–Trinajstić information content (AvgIpc) is 2.90. The first kappa shape index (κ1) is 11.9. The molecule has 0 nitrogen and oxygen atoms in total. The monoisotopic (exact) mass is 492 g/mol. The van der Waals surface area contributed by atoms with E-state index in [1.165, 1.54) is 37.4 Å². The maximum Gasteiger partial charge on any atom is 0.0799 e. The van der Waals surface area contributed by atoms with Crippen molar-refractivity contribution >= 4 is 98.8 Å². The molecule has 0 saturated carbocycles. The van der Waals surface area contributed by atoms with Crippen molar-refractivity contribution in [2.45, 2.75) is 0 Å². The largest absolute Gasteiger partial charge is 0.144 e. The molecule has 88 valence electrons. The van der Waals surface area contributed by atoms with Crippen LogP contribution < -0.4 is 0 Å². The summed E-state index contributed by atoms with van der Waals surface area (Å²) in [5.41, 5.74) is 0. The topological polar surface area (TPSA) is 0 Å². The summed E-state index contributed by atoms with van der Waals surface area (Å²) in [6.07, 6.45) is 0. The summed E-state index contributed by atoms with van der Waals surface area (Å²) in [4.78, 5) is 0. The van der Waals surface area contributed by atoms with E-state index in [-0.39, 0.29) is 0 Å². The van der Waals surface area contributed by atoms with Gasteiger partial charge in [-0.05, 0) is 97.1 Å². The van der Waals surface area contributed by atoms with Gasteiger partial charge in [-0.25, -0.2) is 0 Å². The molecule has 0 bridgehead atoms. The lowest BCUT2D eigenvalue weighted by molar-refractivity contribution is 1.88. The molecule has 2 heterocycles. The highest BCUT2D eigenvalue weighted by molar-refractivity contribution is 14.1. The molecule has 0 fully saturated rings. The smallest absolute Gasteiger partial charge is 0.0799 e. The van der Waals surface area contributed by atoms with Crippen LogP contribution in [0.15, 0.2) is 35.7 Å². The molecule has 0 aliphatic carbocycles. The predicted molar refractivity (Wildman–Crippen MR) is 100 cm³/mol. The molecule has 4 aromatic rings. The van der Waals surface area contributed by atoms with Crippen LogP contribution in [0.3, 0.4) is 0 Å². The van der Waals surface area contributed by atoms with Gasteiger partial charge in [-0.2, -0.15) is 0 Å². The van der Waals surface area contributed by atoms with Gasteiger partial charge in [0.25, 0.3) is 0 Å². The van der Waals surface area contributed by atoms with Gasteiger partial charge < -0.3 is 0 Å². The fourth-order valence-electron chi connectivity index (χ4n) is 2.24. The average molecular weight is 492 g/mol. The standard InChI is InChI=1S/C14H6I2S2/c15-13-10-4-8-3-7-1-2-17-11(7)5-9(8)6-12(10)18-14(13)16/h1-6H. The van der Waals surface area contributed by atoms with E-state index in [0.29, 0.717) is 0 Å². The zero-order valence-corrected chi connectivity index (χ0v) is 15.0. The molecule has 18 heavy (non-hydrogen) atoms. The van der Waals surface area contributed by atoms with Crippen LogP contribution in [0.5, 0.6) is 0 Å². The fourth-order valence-corrected chi connectivity index (χ4v) is 5.87. The molecule has 0 N–H and O–H groups in total. The van der Waals surface area contributed by atoms with Gasteiger partial charge in [0.2, 0.25) is 0 Å². The fraction of sp³-hybridized carbons (Fsp3) is 0. The van der Waals surface area contributed by atoms with Crippen molar-refractivity contribution in [3.8, 4) is 0 Å². The maximum absolute atomic E-state index is 2.45. The number of benzene rings is 2. The number of fused-ring (bicyclic) bond motifs is 3. The van der Waals surface area contributed by atoms with Crippen molar-refractivity contribution in [2.24, 2.45) is 0 Å². The first-order valence-electron chi connectivity index (χ1n) is 5.41. The van der Waals surface area contributed by atoms with Crippen molar-refractivity contribution < 1.29 is 0 Å². The highest BCUT2D eigenvalue weighted by atomic mass is 127. The van der Waals surface area contributed by atoms with E-state index in [2.05, 4.69) is 80.9 Å². The Labute approximate surface area is 139 Å². The highest BCUT2D eigenvalue weighted by Gasteiger charge is 2.09. The van der Waals surface area contributed by atoms with Gasteiger partial charge in [0, 0.05) is 18.4 Å². The van der Waals surface area contributed by atoms with E-state index in [1.54, 1.807) is 0 Å². The Morgan fingerprint density at radius 3 is 2.50 bits per heavy atom. The van der Waals surface area contributed by atoms with Crippen LogP contribution in [-0.4, -0.2) is 0 Å². The minimum atomic E-state index is 1.35. The highest BCUT2D eigenvalue weighted by Crippen LogP contribution is 2.37. The molecule has 2 aromatic carbocycles. The second-order valence-electron chi connectivity index (χ2n) is 4.20. The van der Waals surface area contributed by atoms with Gasteiger partial charge in [0.05, 0.1) is 2.88 Å². The first-order valence-corrected chi connectivity index (χ1v) is 9.26.